The molecule has 0 fully saturated rings. The van der Waals surface area contributed by atoms with E-state index >= 15 is 0 Å². The molecule has 0 radical (unpaired) electrons. The lowest BCUT2D eigenvalue weighted by Gasteiger charge is -2.15. The molecule has 0 aliphatic heterocycles. The van der Waals surface area contributed by atoms with Crippen molar-refractivity contribution in [3.05, 3.63) is 64.2 Å². The number of ether oxygens (including phenoxy) is 1. The van der Waals surface area contributed by atoms with Gasteiger partial charge in [0, 0.05) is 18.1 Å². The van der Waals surface area contributed by atoms with Gasteiger partial charge in [0.2, 0.25) is 5.91 Å². The molecule has 29 heavy (non-hydrogen) atoms. The van der Waals surface area contributed by atoms with Gasteiger partial charge < -0.3 is 14.6 Å². The van der Waals surface area contributed by atoms with E-state index in [-0.39, 0.29) is 17.3 Å². The Labute approximate surface area is 181 Å². The number of anilines is 1. The second kappa shape index (κ2) is 9.47. The maximum absolute atomic E-state index is 13.6. The van der Waals surface area contributed by atoms with Crippen LogP contribution < -0.4 is 10.1 Å². The summed E-state index contributed by atoms with van der Waals surface area (Å²) in [5, 5.41) is 12.2. The number of halogens is 3. The van der Waals surface area contributed by atoms with Crippen molar-refractivity contribution in [2.75, 3.05) is 11.1 Å². The van der Waals surface area contributed by atoms with E-state index in [1.165, 1.54) is 23.9 Å². The van der Waals surface area contributed by atoms with Crippen LogP contribution in [0.2, 0.25) is 10.0 Å². The van der Waals surface area contributed by atoms with Crippen molar-refractivity contribution < 1.29 is 13.9 Å². The molecule has 1 aromatic heterocycles. The van der Waals surface area contributed by atoms with Gasteiger partial charge in [0.15, 0.2) is 17.1 Å². The molecule has 1 atom stereocenters. The van der Waals surface area contributed by atoms with Gasteiger partial charge >= 0.3 is 0 Å². The van der Waals surface area contributed by atoms with Gasteiger partial charge in [0.1, 0.15) is 11.6 Å². The average Bonchev–Trinajstić information content (AvgIpc) is 3.05. The highest BCUT2D eigenvalue weighted by Crippen LogP contribution is 2.31. The first kappa shape index (κ1) is 21.4. The van der Waals surface area contributed by atoms with E-state index in [1.807, 2.05) is 0 Å². The maximum Gasteiger partial charge on any atom is 0.234 e. The quantitative estimate of drug-likeness (QED) is 0.501. The topological polar surface area (TPSA) is 69.0 Å². The third-order valence-electron chi connectivity index (χ3n) is 3.91. The molecule has 0 saturated heterocycles. The number of carbonyl (C=O) groups excluding carboxylic acids is 1. The van der Waals surface area contributed by atoms with Crippen molar-refractivity contribution in [3.8, 4) is 5.75 Å². The fourth-order valence-electron chi connectivity index (χ4n) is 2.50. The van der Waals surface area contributed by atoms with Crippen LogP contribution in [0.15, 0.2) is 47.6 Å². The fraction of sp³-hybridized carbons (Fsp3) is 0.211. The first-order valence-corrected chi connectivity index (χ1v) is 10.3. The Bertz CT molecular complexity index is 1030. The molecule has 0 saturated carbocycles. The van der Waals surface area contributed by atoms with Crippen LogP contribution in [0.5, 0.6) is 5.75 Å². The number of hydrogen-bond acceptors (Lipinski definition) is 5. The van der Waals surface area contributed by atoms with E-state index in [2.05, 4.69) is 15.5 Å². The molecule has 0 aliphatic carbocycles. The molecule has 1 unspecified atom stereocenters. The Balaban J connectivity index is 1.62. The lowest BCUT2D eigenvalue weighted by Crippen LogP contribution is -2.15. The zero-order valence-electron chi connectivity index (χ0n) is 15.5. The normalized spacial score (nSPS) is 11.9. The Kier molecular flexibility index (Phi) is 7.00. The number of aromatic nitrogens is 3. The van der Waals surface area contributed by atoms with E-state index in [4.69, 9.17) is 27.9 Å². The molecule has 0 spiro atoms. The summed E-state index contributed by atoms with van der Waals surface area (Å²) < 4.78 is 21.2. The predicted octanol–water partition coefficient (Wildman–Crippen LogP) is 5.13. The minimum Gasteiger partial charge on any atom is -0.481 e. The number of rotatable bonds is 7. The smallest absolute Gasteiger partial charge is 0.234 e. The Hall–Kier alpha value is -2.29. The van der Waals surface area contributed by atoms with Gasteiger partial charge in [-0.2, -0.15) is 0 Å². The van der Waals surface area contributed by atoms with Crippen molar-refractivity contribution in [2.45, 2.75) is 18.2 Å². The number of amides is 1. The van der Waals surface area contributed by atoms with Crippen LogP contribution in [0.3, 0.4) is 0 Å². The molecule has 0 bridgehead atoms. The van der Waals surface area contributed by atoms with Crippen LogP contribution in [0.25, 0.3) is 0 Å². The number of para-hydroxylation sites is 1. The number of hydrogen-bond donors (Lipinski definition) is 1. The largest absolute Gasteiger partial charge is 0.481 e. The van der Waals surface area contributed by atoms with Crippen molar-refractivity contribution in [3.63, 3.8) is 0 Å². The van der Waals surface area contributed by atoms with Gasteiger partial charge in [0.25, 0.3) is 0 Å². The summed E-state index contributed by atoms with van der Waals surface area (Å²) in [5.74, 6) is 0.207. The van der Waals surface area contributed by atoms with Gasteiger partial charge in [0.05, 0.1) is 16.5 Å². The molecule has 0 aliphatic rings. The van der Waals surface area contributed by atoms with Gasteiger partial charge in [-0.05, 0) is 31.2 Å². The number of nitrogens with zero attached hydrogens (tertiary/aromatic N) is 3. The summed E-state index contributed by atoms with van der Waals surface area (Å²) in [7, 11) is 1.77. The fourth-order valence-corrected chi connectivity index (χ4v) is 3.54. The van der Waals surface area contributed by atoms with Crippen molar-refractivity contribution in [2.24, 2.45) is 7.05 Å². The van der Waals surface area contributed by atoms with Crippen LogP contribution in [-0.2, 0) is 11.8 Å². The predicted molar refractivity (Wildman–Crippen MR) is 112 cm³/mol. The van der Waals surface area contributed by atoms with E-state index in [9.17, 15) is 9.18 Å². The van der Waals surface area contributed by atoms with Gasteiger partial charge in [-0.25, -0.2) is 4.39 Å². The number of carbonyl (C=O) groups is 1. The first-order chi connectivity index (χ1) is 13.8. The molecule has 3 aromatic rings. The van der Waals surface area contributed by atoms with Gasteiger partial charge in [-0.15, -0.1) is 10.2 Å². The average molecular weight is 455 g/mol. The van der Waals surface area contributed by atoms with Crippen LogP contribution in [-0.4, -0.2) is 26.4 Å². The summed E-state index contributed by atoms with van der Waals surface area (Å²) in [6.07, 6.45) is -0.454. The molecule has 2 aromatic carbocycles. The number of thioether (sulfide) groups is 1. The minimum atomic E-state index is -0.488. The molecular weight excluding hydrogens is 438 g/mol. The zero-order chi connectivity index (χ0) is 21.0. The summed E-state index contributed by atoms with van der Waals surface area (Å²) >= 11 is 13.3. The minimum absolute atomic E-state index is 0.0513. The lowest BCUT2D eigenvalue weighted by atomic mass is 10.3. The standard InChI is InChI=1S/C19H17Cl2FN4O2S/c1-11(28-16-9-12(20)7-8-13(16)21)18-24-25-19(26(18)2)29-10-17(27)23-15-6-4-3-5-14(15)22/h3-9,11H,10H2,1-2H3,(H,23,27). The molecular formula is C19H17Cl2FN4O2S. The summed E-state index contributed by atoms with van der Waals surface area (Å²) in [5.41, 5.74) is 0.136. The number of nitrogens with one attached hydrogen (secondary N) is 1. The maximum atomic E-state index is 13.6. The van der Waals surface area contributed by atoms with Crippen LogP contribution in [0.4, 0.5) is 10.1 Å². The summed E-state index contributed by atoms with van der Waals surface area (Å²) in [4.78, 5) is 12.1. The van der Waals surface area contributed by atoms with E-state index in [1.54, 1.807) is 48.9 Å². The van der Waals surface area contributed by atoms with Crippen molar-refractivity contribution in [1.29, 1.82) is 0 Å². The third-order valence-corrected chi connectivity index (χ3v) is 5.48. The van der Waals surface area contributed by atoms with Crippen LogP contribution in [0, 0.1) is 5.82 Å². The van der Waals surface area contributed by atoms with E-state index < -0.39 is 11.9 Å². The Morgan fingerprint density at radius 3 is 2.79 bits per heavy atom. The molecule has 10 heteroatoms. The lowest BCUT2D eigenvalue weighted by molar-refractivity contribution is -0.113. The van der Waals surface area contributed by atoms with Crippen molar-refractivity contribution in [1.82, 2.24) is 14.8 Å². The summed E-state index contributed by atoms with van der Waals surface area (Å²) in [6, 6.07) is 10.9. The van der Waals surface area contributed by atoms with Crippen LogP contribution in [0.1, 0.15) is 18.9 Å². The third kappa shape index (κ3) is 5.41. The van der Waals surface area contributed by atoms with Gasteiger partial charge in [-0.3, -0.25) is 4.79 Å². The van der Waals surface area contributed by atoms with E-state index in [0.717, 1.165) is 0 Å². The molecule has 152 valence electrons. The molecule has 3 rings (SSSR count). The second-order valence-corrected chi connectivity index (χ2v) is 7.84. The first-order valence-electron chi connectivity index (χ1n) is 8.53. The van der Waals surface area contributed by atoms with Crippen molar-refractivity contribution >= 4 is 46.6 Å². The molecule has 6 nitrogen and oxygen atoms in total. The van der Waals surface area contributed by atoms with E-state index in [0.29, 0.717) is 26.8 Å². The second-order valence-electron chi connectivity index (χ2n) is 6.05. The highest BCUT2D eigenvalue weighted by atomic mass is 35.5. The molecule has 1 amide bonds. The van der Waals surface area contributed by atoms with Crippen LogP contribution >= 0.6 is 35.0 Å². The summed E-state index contributed by atoms with van der Waals surface area (Å²) in [6.45, 7) is 1.81. The number of benzene rings is 2. The zero-order valence-corrected chi connectivity index (χ0v) is 17.9. The molecule has 1 heterocycles. The molecule has 1 N–H and O–H groups in total. The SMILES string of the molecule is CC(Oc1cc(Cl)ccc1Cl)c1nnc(SCC(=O)Nc2ccccc2F)n1C. The monoisotopic (exact) mass is 454 g/mol. The Morgan fingerprint density at radius 1 is 1.28 bits per heavy atom. The Morgan fingerprint density at radius 2 is 2.03 bits per heavy atom. The highest BCUT2D eigenvalue weighted by Gasteiger charge is 2.19. The van der Waals surface area contributed by atoms with Gasteiger partial charge in [-0.1, -0.05) is 47.1 Å². The highest BCUT2D eigenvalue weighted by molar-refractivity contribution is 7.99.